The minimum absolute atomic E-state index is 0.283. The monoisotopic (exact) mass is 415 g/mol. The van der Waals surface area contributed by atoms with Crippen molar-refractivity contribution in [3.05, 3.63) is 88.5 Å². The van der Waals surface area contributed by atoms with Gasteiger partial charge in [0.25, 0.3) is 0 Å². The van der Waals surface area contributed by atoms with E-state index in [1.54, 1.807) is 21.3 Å². The Labute approximate surface area is 184 Å². The molecular weight excluding hydrogens is 386 g/mol. The number of hydrogen-bond acceptors (Lipinski definition) is 4. The van der Waals surface area contributed by atoms with E-state index in [2.05, 4.69) is 65.6 Å². The van der Waals surface area contributed by atoms with Crippen molar-refractivity contribution in [2.45, 2.75) is 37.9 Å². The maximum atomic E-state index is 5.67. The summed E-state index contributed by atoms with van der Waals surface area (Å²) in [6.07, 6.45) is 2.16. The molecule has 160 valence electrons. The summed E-state index contributed by atoms with van der Waals surface area (Å²) in [6, 6.07) is 22.1. The molecule has 4 nitrogen and oxygen atoms in total. The second kappa shape index (κ2) is 8.27. The summed E-state index contributed by atoms with van der Waals surface area (Å²) < 4.78 is 16.9. The molecule has 1 aliphatic carbocycles. The predicted octanol–water partition coefficient (Wildman–Crippen LogP) is 5.17. The van der Waals surface area contributed by atoms with Crippen LogP contribution in [-0.2, 0) is 19.5 Å². The third-order valence-electron chi connectivity index (χ3n) is 6.83. The minimum atomic E-state index is 0.283. The van der Waals surface area contributed by atoms with E-state index in [1.165, 1.54) is 27.8 Å². The first-order chi connectivity index (χ1) is 15.2. The number of nitrogens with zero attached hydrogens (tertiary/aromatic N) is 1. The first-order valence-corrected chi connectivity index (χ1v) is 10.9. The van der Waals surface area contributed by atoms with Crippen LogP contribution >= 0.6 is 0 Å². The lowest BCUT2D eigenvalue weighted by atomic mass is 9.71. The van der Waals surface area contributed by atoms with Gasteiger partial charge in [-0.2, -0.15) is 0 Å². The highest BCUT2D eigenvalue weighted by Gasteiger charge is 2.40. The minimum Gasteiger partial charge on any atom is -0.497 e. The molecule has 2 aliphatic rings. The van der Waals surface area contributed by atoms with Gasteiger partial charge in [0.05, 0.1) is 21.3 Å². The Morgan fingerprint density at radius 2 is 1.55 bits per heavy atom. The van der Waals surface area contributed by atoms with Gasteiger partial charge in [-0.15, -0.1) is 0 Å². The van der Waals surface area contributed by atoms with Crippen LogP contribution in [0.2, 0.25) is 0 Å². The van der Waals surface area contributed by atoms with Crippen LogP contribution in [0, 0.1) is 0 Å². The van der Waals surface area contributed by atoms with E-state index in [4.69, 9.17) is 14.2 Å². The molecule has 0 spiro atoms. The van der Waals surface area contributed by atoms with Gasteiger partial charge >= 0.3 is 0 Å². The first-order valence-electron chi connectivity index (χ1n) is 10.9. The zero-order chi connectivity index (χ0) is 21.4. The Morgan fingerprint density at radius 3 is 2.29 bits per heavy atom. The maximum absolute atomic E-state index is 5.67. The lowest BCUT2D eigenvalue weighted by Crippen LogP contribution is -2.45. The maximum Gasteiger partial charge on any atom is 0.161 e. The van der Waals surface area contributed by atoms with Crippen LogP contribution in [0.1, 0.15) is 40.2 Å². The fourth-order valence-electron chi connectivity index (χ4n) is 5.35. The molecule has 2 atom stereocenters. The molecular formula is C27H29NO3. The normalized spacial score (nSPS) is 19.7. The second-order valence-corrected chi connectivity index (χ2v) is 8.45. The number of benzene rings is 3. The SMILES string of the molecule is COc1ccc2c(c1)C1c3cc(OC)c(OC)cc3CCC1N(Cc1ccccc1)C2. The van der Waals surface area contributed by atoms with Gasteiger partial charge in [0.2, 0.25) is 0 Å². The number of hydrogen-bond donors (Lipinski definition) is 0. The lowest BCUT2D eigenvalue weighted by molar-refractivity contribution is 0.132. The number of aryl methyl sites for hydroxylation is 1. The topological polar surface area (TPSA) is 30.9 Å². The molecule has 0 bridgehead atoms. The summed E-state index contributed by atoms with van der Waals surface area (Å²) in [5.74, 6) is 2.81. The molecule has 3 aromatic carbocycles. The third-order valence-corrected chi connectivity index (χ3v) is 6.83. The van der Waals surface area contributed by atoms with Crippen LogP contribution in [0.4, 0.5) is 0 Å². The van der Waals surface area contributed by atoms with Crippen LogP contribution in [0.3, 0.4) is 0 Å². The van der Waals surface area contributed by atoms with Gasteiger partial charge in [-0.3, -0.25) is 4.90 Å². The van der Waals surface area contributed by atoms with E-state index in [1.807, 2.05) is 0 Å². The van der Waals surface area contributed by atoms with E-state index in [9.17, 15) is 0 Å². The smallest absolute Gasteiger partial charge is 0.161 e. The van der Waals surface area contributed by atoms with Crippen molar-refractivity contribution in [2.24, 2.45) is 0 Å². The molecule has 5 rings (SSSR count). The van der Waals surface area contributed by atoms with Crippen LogP contribution in [0.25, 0.3) is 0 Å². The van der Waals surface area contributed by atoms with Crippen molar-refractivity contribution in [3.8, 4) is 17.2 Å². The van der Waals surface area contributed by atoms with Crippen molar-refractivity contribution >= 4 is 0 Å². The van der Waals surface area contributed by atoms with Crippen molar-refractivity contribution < 1.29 is 14.2 Å². The molecule has 0 amide bonds. The summed E-state index contributed by atoms with van der Waals surface area (Å²) in [7, 11) is 5.16. The van der Waals surface area contributed by atoms with Gasteiger partial charge in [0, 0.05) is 25.0 Å². The highest BCUT2D eigenvalue weighted by molar-refractivity contribution is 5.55. The van der Waals surface area contributed by atoms with E-state index < -0.39 is 0 Å². The van der Waals surface area contributed by atoms with Crippen LogP contribution in [0.15, 0.2) is 60.7 Å². The summed E-state index contributed by atoms with van der Waals surface area (Å²) in [5.41, 5.74) is 6.81. The number of ether oxygens (including phenoxy) is 3. The van der Waals surface area contributed by atoms with Crippen molar-refractivity contribution in [2.75, 3.05) is 21.3 Å². The first kappa shape index (κ1) is 20.0. The average molecular weight is 416 g/mol. The van der Waals surface area contributed by atoms with Gasteiger partial charge in [0.15, 0.2) is 11.5 Å². The Balaban J connectivity index is 1.63. The molecule has 0 radical (unpaired) electrons. The van der Waals surface area contributed by atoms with E-state index in [-0.39, 0.29) is 5.92 Å². The van der Waals surface area contributed by atoms with Gasteiger partial charge in [0.1, 0.15) is 5.75 Å². The van der Waals surface area contributed by atoms with Gasteiger partial charge < -0.3 is 14.2 Å². The second-order valence-electron chi connectivity index (χ2n) is 8.45. The fraction of sp³-hybridized carbons (Fsp3) is 0.333. The van der Waals surface area contributed by atoms with Gasteiger partial charge in [-0.05, 0) is 64.9 Å². The number of rotatable bonds is 5. The van der Waals surface area contributed by atoms with Crippen molar-refractivity contribution in [1.82, 2.24) is 4.90 Å². The van der Waals surface area contributed by atoms with Crippen LogP contribution in [-0.4, -0.2) is 32.3 Å². The van der Waals surface area contributed by atoms with Gasteiger partial charge in [-0.25, -0.2) is 0 Å². The molecule has 1 aliphatic heterocycles. The quantitative estimate of drug-likeness (QED) is 0.575. The number of methoxy groups -OCH3 is 3. The standard InChI is InChI=1S/C27H29NO3/c1-29-21-11-9-20-17-28(16-18-7-5-4-6-8-18)24-12-10-19-13-25(30-2)26(31-3)15-23(19)27(24)22(20)14-21/h4-9,11,13-15,24,27H,10,12,16-17H2,1-3H3. The summed E-state index contributed by atoms with van der Waals surface area (Å²) in [4.78, 5) is 2.65. The van der Waals surface area contributed by atoms with Crippen LogP contribution < -0.4 is 14.2 Å². The zero-order valence-electron chi connectivity index (χ0n) is 18.4. The molecule has 0 aromatic heterocycles. The zero-order valence-corrected chi connectivity index (χ0v) is 18.4. The van der Waals surface area contributed by atoms with E-state index in [0.717, 1.165) is 43.2 Å². The Bertz CT molecular complexity index is 1080. The van der Waals surface area contributed by atoms with E-state index in [0.29, 0.717) is 6.04 Å². The summed E-state index contributed by atoms with van der Waals surface area (Å²) >= 11 is 0. The summed E-state index contributed by atoms with van der Waals surface area (Å²) in [6.45, 7) is 1.91. The molecule has 0 saturated carbocycles. The van der Waals surface area contributed by atoms with Crippen LogP contribution in [0.5, 0.6) is 17.2 Å². The molecule has 4 heteroatoms. The van der Waals surface area contributed by atoms with Crippen molar-refractivity contribution in [1.29, 1.82) is 0 Å². The highest BCUT2D eigenvalue weighted by Crippen LogP contribution is 2.48. The molecule has 1 heterocycles. The molecule has 0 fully saturated rings. The summed E-state index contributed by atoms with van der Waals surface area (Å²) in [5, 5.41) is 0. The fourth-order valence-corrected chi connectivity index (χ4v) is 5.35. The van der Waals surface area contributed by atoms with Gasteiger partial charge in [-0.1, -0.05) is 36.4 Å². The largest absolute Gasteiger partial charge is 0.497 e. The molecule has 2 unspecified atom stereocenters. The number of fused-ring (bicyclic) bond motifs is 5. The Morgan fingerprint density at radius 1 is 0.806 bits per heavy atom. The molecule has 3 aromatic rings. The van der Waals surface area contributed by atoms with Crippen molar-refractivity contribution in [3.63, 3.8) is 0 Å². The lowest BCUT2D eigenvalue weighted by Gasteiger charge is -2.46. The Kier molecular flexibility index (Phi) is 5.33. The molecule has 0 N–H and O–H groups in total. The molecule has 31 heavy (non-hydrogen) atoms. The molecule has 0 saturated heterocycles. The average Bonchev–Trinajstić information content (AvgIpc) is 2.83. The highest BCUT2D eigenvalue weighted by atomic mass is 16.5. The Hall–Kier alpha value is -2.98. The third kappa shape index (κ3) is 3.55. The predicted molar refractivity (Wildman–Crippen MR) is 122 cm³/mol. The van der Waals surface area contributed by atoms with E-state index >= 15 is 0 Å².